The van der Waals surface area contributed by atoms with E-state index < -0.39 is 0 Å². The van der Waals surface area contributed by atoms with Crippen LogP contribution in [0.5, 0.6) is 0 Å². The summed E-state index contributed by atoms with van der Waals surface area (Å²) < 4.78 is 0. The van der Waals surface area contributed by atoms with E-state index in [-0.39, 0.29) is 6.04 Å². The summed E-state index contributed by atoms with van der Waals surface area (Å²) in [5, 5.41) is 3.67. The van der Waals surface area contributed by atoms with E-state index in [2.05, 4.69) is 52.4 Å². The minimum atomic E-state index is 0.0686. The molecule has 0 bridgehead atoms. The minimum Gasteiger partial charge on any atom is -0.340 e. The molecule has 0 radical (unpaired) electrons. The Morgan fingerprint density at radius 1 is 1.08 bits per heavy atom. The van der Waals surface area contributed by atoms with Crippen LogP contribution in [0.1, 0.15) is 51.0 Å². The van der Waals surface area contributed by atoms with Gasteiger partial charge in [0.2, 0.25) is 5.91 Å². The standard InChI is InChI=1S/C22H33N3O/c1-17-11-12-24(13-14-25(17)16-18-7-3-2-4-8-18)22(26)21-15-19-9-5-6-10-20(19)23-21/h2-4,7-8,17,19-21,23H,5-6,9-16H2,1H3. The Balaban J connectivity index is 1.34. The van der Waals surface area contributed by atoms with Crippen molar-refractivity contribution in [1.82, 2.24) is 15.1 Å². The van der Waals surface area contributed by atoms with Gasteiger partial charge in [-0.2, -0.15) is 0 Å². The number of benzene rings is 1. The Morgan fingerprint density at radius 3 is 2.69 bits per heavy atom. The van der Waals surface area contributed by atoms with Crippen molar-refractivity contribution in [2.24, 2.45) is 5.92 Å². The predicted molar refractivity (Wildman–Crippen MR) is 105 cm³/mol. The number of rotatable bonds is 3. The van der Waals surface area contributed by atoms with Crippen molar-refractivity contribution in [3.63, 3.8) is 0 Å². The maximum absolute atomic E-state index is 13.1. The highest BCUT2D eigenvalue weighted by Crippen LogP contribution is 2.33. The third-order valence-electron chi connectivity index (χ3n) is 6.80. The van der Waals surface area contributed by atoms with E-state index in [0.717, 1.165) is 44.9 Å². The number of carbonyl (C=O) groups excluding carboxylic acids is 1. The number of fused-ring (bicyclic) bond motifs is 1. The smallest absolute Gasteiger partial charge is 0.239 e. The zero-order valence-corrected chi connectivity index (χ0v) is 16.1. The summed E-state index contributed by atoms with van der Waals surface area (Å²) in [4.78, 5) is 17.8. The highest BCUT2D eigenvalue weighted by atomic mass is 16.2. The largest absolute Gasteiger partial charge is 0.340 e. The second kappa shape index (κ2) is 8.10. The fourth-order valence-corrected chi connectivity index (χ4v) is 5.11. The molecule has 4 atom stereocenters. The summed E-state index contributed by atoms with van der Waals surface area (Å²) in [7, 11) is 0. The molecular weight excluding hydrogens is 322 g/mol. The van der Waals surface area contributed by atoms with E-state index in [9.17, 15) is 4.79 Å². The summed E-state index contributed by atoms with van der Waals surface area (Å²) in [6.45, 7) is 6.03. The molecule has 0 aromatic heterocycles. The molecular formula is C22H33N3O. The first-order valence-corrected chi connectivity index (χ1v) is 10.5. The molecule has 2 saturated heterocycles. The monoisotopic (exact) mass is 355 g/mol. The lowest BCUT2D eigenvalue weighted by atomic mass is 9.85. The Bertz CT molecular complexity index is 591. The average Bonchev–Trinajstić information content (AvgIpc) is 3.03. The molecule has 1 aliphatic carbocycles. The number of hydrogen-bond acceptors (Lipinski definition) is 3. The molecule has 4 unspecified atom stereocenters. The van der Waals surface area contributed by atoms with E-state index in [0.29, 0.717) is 18.0 Å². The molecule has 2 heterocycles. The van der Waals surface area contributed by atoms with Crippen LogP contribution in [0.25, 0.3) is 0 Å². The molecule has 1 N–H and O–H groups in total. The number of nitrogens with one attached hydrogen (secondary N) is 1. The molecule has 1 aromatic carbocycles. The van der Waals surface area contributed by atoms with Crippen LogP contribution in [0.15, 0.2) is 30.3 Å². The van der Waals surface area contributed by atoms with Gasteiger partial charge in [-0.15, -0.1) is 0 Å². The first kappa shape index (κ1) is 18.0. The number of amides is 1. The van der Waals surface area contributed by atoms with Gasteiger partial charge in [0.1, 0.15) is 0 Å². The van der Waals surface area contributed by atoms with Gasteiger partial charge in [-0.3, -0.25) is 9.69 Å². The van der Waals surface area contributed by atoms with E-state index in [4.69, 9.17) is 0 Å². The van der Waals surface area contributed by atoms with Gasteiger partial charge in [0.25, 0.3) is 0 Å². The van der Waals surface area contributed by atoms with Crippen molar-refractivity contribution in [2.75, 3.05) is 19.6 Å². The van der Waals surface area contributed by atoms with Crippen LogP contribution in [0.4, 0.5) is 0 Å². The van der Waals surface area contributed by atoms with Crippen LogP contribution in [-0.4, -0.2) is 53.5 Å². The van der Waals surface area contributed by atoms with Crippen molar-refractivity contribution >= 4 is 5.91 Å². The minimum absolute atomic E-state index is 0.0686. The van der Waals surface area contributed by atoms with Gasteiger partial charge in [-0.1, -0.05) is 43.2 Å². The van der Waals surface area contributed by atoms with Crippen LogP contribution >= 0.6 is 0 Å². The Morgan fingerprint density at radius 2 is 1.88 bits per heavy atom. The van der Waals surface area contributed by atoms with E-state index in [1.807, 2.05) is 0 Å². The molecule has 0 spiro atoms. The second-order valence-corrected chi connectivity index (χ2v) is 8.53. The van der Waals surface area contributed by atoms with Crippen LogP contribution in [-0.2, 0) is 11.3 Å². The topological polar surface area (TPSA) is 35.6 Å². The fraction of sp³-hybridized carbons (Fsp3) is 0.682. The molecule has 3 aliphatic rings. The molecule has 142 valence electrons. The highest BCUT2D eigenvalue weighted by Gasteiger charge is 2.40. The third-order valence-corrected chi connectivity index (χ3v) is 6.80. The molecule has 1 aromatic rings. The lowest BCUT2D eigenvalue weighted by molar-refractivity contribution is -0.133. The predicted octanol–water partition coefficient (Wildman–Crippen LogP) is 3.03. The van der Waals surface area contributed by atoms with Gasteiger partial charge < -0.3 is 10.2 Å². The van der Waals surface area contributed by atoms with E-state index in [1.54, 1.807) is 0 Å². The number of nitrogens with zero attached hydrogens (tertiary/aromatic N) is 2. The third kappa shape index (κ3) is 3.96. The maximum atomic E-state index is 13.1. The summed E-state index contributed by atoms with van der Waals surface area (Å²) >= 11 is 0. The Labute approximate surface area is 157 Å². The summed E-state index contributed by atoms with van der Waals surface area (Å²) in [5.41, 5.74) is 1.36. The average molecular weight is 356 g/mol. The van der Waals surface area contributed by atoms with Crippen LogP contribution in [0, 0.1) is 5.92 Å². The quantitative estimate of drug-likeness (QED) is 0.905. The number of hydrogen-bond donors (Lipinski definition) is 1. The molecule has 26 heavy (non-hydrogen) atoms. The van der Waals surface area contributed by atoms with Crippen molar-refractivity contribution < 1.29 is 4.79 Å². The Kier molecular flexibility index (Phi) is 5.60. The SMILES string of the molecule is CC1CCN(C(=O)C2CC3CCCCC3N2)CCN1Cc1ccccc1. The molecule has 1 amide bonds. The van der Waals surface area contributed by atoms with E-state index >= 15 is 0 Å². The Hall–Kier alpha value is -1.39. The van der Waals surface area contributed by atoms with Crippen molar-refractivity contribution in [1.29, 1.82) is 0 Å². The first-order valence-electron chi connectivity index (χ1n) is 10.5. The fourth-order valence-electron chi connectivity index (χ4n) is 5.11. The van der Waals surface area contributed by atoms with Crippen LogP contribution < -0.4 is 5.32 Å². The van der Waals surface area contributed by atoms with Crippen molar-refractivity contribution in [2.45, 2.75) is 70.1 Å². The normalized spacial score (nSPS) is 32.9. The summed E-state index contributed by atoms with van der Waals surface area (Å²) in [5.74, 6) is 1.09. The first-order chi connectivity index (χ1) is 12.7. The molecule has 4 nitrogen and oxygen atoms in total. The van der Waals surface area contributed by atoms with Gasteiger partial charge in [0, 0.05) is 38.3 Å². The lowest BCUT2D eigenvalue weighted by Crippen LogP contribution is -2.46. The van der Waals surface area contributed by atoms with Crippen molar-refractivity contribution in [3.05, 3.63) is 35.9 Å². The van der Waals surface area contributed by atoms with Crippen molar-refractivity contribution in [3.8, 4) is 0 Å². The van der Waals surface area contributed by atoms with Gasteiger partial charge in [-0.05, 0) is 44.1 Å². The zero-order chi connectivity index (χ0) is 17.9. The van der Waals surface area contributed by atoms with Gasteiger partial charge in [0.05, 0.1) is 6.04 Å². The molecule has 4 rings (SSSR count). The highest BCUT2D eigenvalue weighted by molar-refractivity contribution is 5.82. The summed E-state index contributed by atoms with van der Waals surface area (Å²) in [6.07, 6.45) is 7.37. The van der Waals surface area contributed by atoms with Crippen LogP contribution in [0.2, 0.25) is 0 Å². The van der Waals surface area contributed by atoms with Crippen LogP contribution in [0.3, 0.4) is 0 Å². The molecule has 3 fully saturated rings. The molecule has 4 heteroatoms. The zero-order valence-electron chi connectivity index (χ0n) is 16.1. The number of carbonyl (C=O) groups is 1. The maximum Gasteiger partial charge on any atom is 0.239 e. The van der Waals surface area contributed by atoms with Gasteiger partial charge in [0.15, 0.2) is 0 Å². The van der Waals surface area contributed by atoms with Gasteiger partial charge in [-0.25, -0.2) is 0 Å². The second-order valence-electron chi connectivity index (χ2n) is 8.53. The van der Waals surface area contributed by atoms with Gasteiger partial charge >= 0.3 is 0 Å². The lowest BCUT2D eigenvalue weighted by Gasteiger charge is -2.26. The van der Waals surface area contributed by atoms with E-state index in [1.165, 1.54) is 31.2 Å². The molecule has 1 saturated carbocycles. The molecule has 2 aliphatic heterocycles. The summed E-state index contributed by atoms with van der Waals surface area (Å²) in [6, 6.07) is 11.9.